The summed E-state index contributed by atoms with van der Waals surface area (Å²) in [7, 11) is 0. The minimum absolute atomic E-state index is 0.101. The molecule has 0 aromatic carbocycles. The molecule has 0 fully saturated rings. The summed E-state index contributed by atoms with van der Waals surface area (Å²) in [6, 6.07) is 0. The second-order valence-corrected chi connectivity index (χ2v) is 21.3. The Labute approximate surface area is 499 Å². The molecule has 6 heteroatoms. The summed E-state index contributed by atoms with van der Waals surface area (Å²) in [6.45, 7) is 6.36. The number of carbonyl (C=O) groups excluding carboxylic acids is 3. The number of ether oxygens (including phenoxy) is 3. The van der Waals surface area contributed by atoms with Crippen molar-refractivity contribution >= 4 is 17.9 Å². The lowest BCUT2D eigenvalue weighted by molar-refractivity contribution is -0.167. The van der Waals surface area contributed by atoms with Crippen LogP contribution in [0.4, 0.5) is 0 Å². The van der Waals surface area contributed by atoms with E-state index < -0.39 is 6.10 Å². The zero-order valence-electron chi connectivity index (χ0n) is 52.2. The van der Waals surface area contributed by atoms with E-state index in [4.69, 9.17) is 14.2 Å². The SMILES string of the molecule is CC/C=C\C/C=C\C/C=C\C/C=C\C/C=C\C/C=C\C/C=C\CCCCCCCC(=O)OCC(COC(=O)CCCCCCCCC/C=C\C/C=C\C/C=C\CC)OC(=O)CCCCCCCC/C=C\C/C=C\C/C=C\CCCCC. The number of unbranched alkanes of at least 4 members (excludes halogenated alkanes) is 21. The first-order valence-corrected chi connectivity index (χ1v) is 33.0. The first-order valence-electron chi connectivity index (χ1n) is 33.0. The van der Waals surface area contributed by atoms with Gasteiger partial charge in [0, 0.05) is 19.3 Å². The van der Waals surface area contributed by atoms with E-state index in [0.717, 1.165) is 173 Å². The van der Waals surface area contributed by atoms with Gasteiger partial charge in [0.05, 0.1) is 0 Å². The number of allylic oxidation sites excluding steroid dienone is 26. The summed E-state index contributed by atoms with van der Waals surface area (Å²) >= 11 is 0. The molecule has 0 aromatic heterocycles. The first-order chi connectivity index (χ1) is 40.0. The van der Waals surface area contributed by atoms with Crippen LogP contribution in [-0.4, -0.2) is 37.2 Å². The highest BCUT2D eigenvalue weighted by Gasteiger charge is 2.19. The number of hydrogen-bond donors (Lipinski definition) is 0. The van der Waals surface area contributed by atoms with Crippen molar-refractivity contribution in [2.75, 3.05) is 13.2 Å². The second-order valence-electron chi connectivity index (χ2n) is 21.3. The molecule has 81 heavy (non-hydrogen) atoms. The average molecular weight is 1120 g/mol. The van der Waals surface area contributed by atoms with Gasteiger partial charge in [0.1, 0.15) is 13.2 Å². The van der Waals surface area contributed by atoms with Crippen molar-refractivity contribution in [1.29, 1.82) is 0 Å². The number of esters is 3. The molecule has 0 bridgehead atoms. The van der Waals surface area contributed by atoms with Crippen LogP contribution >= 0.6 is 0 Å². The molecule has 0 amide bonds. The van der Waals surface area contributed by atoms with E-state index in [1.54, 1.807) is 0 Å². The van der Waals surface area contributed by atoms with E-state index in [-0.39, 0.29) is 31.1 Å². The Bertz CT molecular complexity index is 1810. The fraction of sp³-hybridized carbons (Fsp3) is 0.613. The molecule has 0 saturated carbocycles. The van der Waals surface area contributed by atoms with Crippen molar-refractivity contribution in [1.82, 2.24) is 0 Å². The van der Waals surface area contributed by atoms with Gasteiger partial charge in [-0.25, -0.2) is 0 Å². The standard InChI is InChI=1S/C75H120O6/c1-4-7-10-13-16-19-22-25-28-31-33-34-35-36-37-38-39-40-42-44-47-50-53-56-59-62-65-68-74(77)80-71-72(70-79-73(76)67-64-61-58-55-52-49-46-43-30-27-24-21-18-15-12-9-6-3)81-75(78)69-66-63-60-57-54-51-48-45-41-32-29-26-23-20-17-14-11-8-5-2/h7,9-10,12,16-21,25-30,33-34,36-37,39-41,44-45,47,72H,4-6,8,11,13-15,22-24,31-32,35,38,42-43,46,48-71H2,1-3H3/b10-7-,12-9-,19-16-,20-17-,21-18-,28-25-,29-26-,30-27-,34-33-,37-36-,40-39-,45-41-,47-44-. The van der Waals surface area contributed by atoms with Crippen molar-refractivity contribution in [2.24, 2.45) is 0 Å². The van der Waals surface area contributed by atoms with Crippen molar-refractivity contribution < 1.29 is 28.6 Å². The zero-order chi connectivity index (χ0) is 58.5. The maximum Gasteiger partial charge on any atom is 0.306 e. The van der Waals surface area contributed by atoms with Gasteiger partial charge in [-0.2, -0.15) is 0 Å². The summed E-state index contributed by atoms with van der Waals surface area (Å²) < 4.78 is 16.9. The van der Waals surface area contributed by atoms with E-state index in [1.165, 1.54) is 64.2 Å². The average Bonchev–Trinajstić information content (AvgIpc) is 3.47. The molecule has 0 spiro atoms. The van der Waals surface area contributed by atoms with E-state index >= 15 is 0 Å². The van der Waals surface area contributed by atoms with Gasteiger partial charge in [-0.1, -0.05) is 269 Å². The van der Waals surface area contributed by atoms with Gasteiger partial charge < -0.3 is 14.2 Å². The highest BCUT2D eigenvalue weighted by atomic mass is 16.6. The smallest absolute Gasteiger partial charge is 0.306 e. The van der Waals surface area contributed by atoms with Crippen LogP contribution in [0, 0.1) is 0 Å². The fourth-order valence-electron chi connectivity index (χ4n) is 8.62. The summed E-state index contributed by atoms with van der Waals surface area (Å²) in [5.41, 5.74) is 0. The van der Waals surface area contributed by atoms with Crippen molar-refractivity contribution in [3.05, 3.63) is 158 Å². The molecule has 0 aromatic rings. The molecule has 0 N–H and O–H groups in total. The summed E-state index contributed by atoms with van der Waals surface area (Å²) in [5.74, 6) is -0.943. The quantitative estimate of drug-likeness (QED) is 0.0261. The monoisotopic (exact) mass is 1120 g/mol. The van der Waals surface area contributed by atoms with Crippen LogP contribution < -0.4 is 0 Å². The van der Waals surface area contributed by atoms with Gasteiger partial charge in [-0.3, -0.25) is 14.4 Å². The molecule has 0 aliphatic rings. The van der Waals surface area contributed by atoms with Crippen molar-refractivity contribution in [3.63, 3.8) is 0 Å². The van der Waals surface area contributed by atoms with Crippen LogP contribution in [0.5, 0.6) is 0 Å². The van der Waals surface area contributed by atoms with Crippen molar-refractivity contribution in [2.45, 2.75) is 284 Å². The first kappa shape index (κ1) is 76.0. The third-order valence-corrected chi connectivity index (χ3v) is 13.5. The Balaban J connectivity index is 4.47. The van der Waals surface area contributed by atoms with Crippen molar-refractivity contribution in [3.8, 4) is 0 Å². The highest BCUT2D eigenvalue weighted by Crippen LogP contribution is 2.14. The third-order valence-electron chi connectivity index (χ3n) is 13.5. The molecule has 6 nitrogen and oxygen atoms in total. The number of rotatable bonds is 58. The molecule has 0 heterocycles. The van der Waals surface area contributed by atoms with Crippen LogP contribution in [0.25, 0.3) is 0 Å². The number of carbonyl (C=O) groups is 3. The van der Waals surface area contributed by atoms with Crippen LogP contribution in [-0.2, 0) is 28.6 Å². The topological polar surface area (TPSA) is 78.9 Å². The molecule has 1 atom stereocenters. The maximum atomic E-state index is 12.9. The summed E-state index contributed by atoms with van der Waals surface area (Å²) in [5, 5.41) is 0. The third kappa shape index (κ3) is 65.7. The van der Waals surface area contributed by atoms with E-state index in [1.807, 2.05) is 0 Å². The summed E-state index contributed by atoms with van der Waals surface area (Å²) in [4.78, 5) is 38.4. The Morgan fingerprint density at radius 3 is 0.753 bits per heavy atom. The lowest BCUT2D eigenvalue weighted by atomic mass is 10.1. The van der Waals surface area contributed by atoms with Gasteiger partial charge in [0.15, 0.2) is 6.10 Å². The van der Waals surface area contributed by atoms with Crippen LogP contribution in [0.15, 0.2) is 158 Å². The van der Waals surface area contributed by atoms with Crippen LogP contribution in [0.1, 0.15) is 278 Å². The minimum Gasteiger partial charge on any atom is -0.462 e. The Kier molecular flexibility index (Phi) is 63.4. The normalized spacial score (nSPS) is 13.2. The largest absolute Gasteiger partial charge is 0.462 e. The van der Waals surface area contributed by atoms with E-state index in [2.05, 4.69) is 179 Å². The summed E-state index contributed by atoms with van der Waals surface area (Å²) in [6.07, 6.45) is 98.1. The van der Waals surface area contributed by atoms with E-state index in [0.29, 0.717) is 19.3 Å². The molecular weight excluding hydrogens is 997 g/mol. The molecule has 456 valence electrons. The zero-order valence-corrected chi connectivity index (χ0v) is 52.2. The lowest BCUT2D eigenvalue weighted by Crippen LogP contribution is -2.30. The van der Waals surface area contributed by atoms with Gasteiger partial charge in [-0.05, 0) is 148 Å². The predicted octanol–water partition coefficient (Wildman–Crippen LogP) is 22.9. The molecule has 1 unspecified atom stereocenters. The predicted molar refractivity (Wildman–Crippen MR) is 352 cm³/mol. The van der Waals surface area contributed by atoms with Gasteiger partial charge in [0.25, 0.3) is 0 Å². The maximum absolute atomic E-state index is 12.9. The minimum atomic E-state index is -0.808. The van der Waals surface area contributed by atoms with Crippen LogP contribution in [0.3, 0.4) is 0 Å². The lowest BCUT2D eigenvalue weighted by Gasteiger charge is -2.18. The molecule has 0 aliphatic carbocycles. The molecule has 0 saturated heterocycles. The highest BCUT2D eigenvalue weighted by molar-refractivity contribution is 5.71. The number of hydrogen-bond acceptors (Lipinski definition) is 6. The van der Waals surface area contributed by atoms with E-state index in [9.17, 15) is 14.4 Å². The second kappa shape index (κ2) is 67.5. The van der Waals surface area contributed by atoms with Gasteiger partial charge in [0.2, 0.25) is 0 Å². The van der Waals surface area contributed by atoms with Gasteiger partial charge >= 0.3 is 17.9 Å². The molecule has 0 rings (SSSR count). The Morgan fingerprint density at radius 1 is 0.259 bits per heavy atom. The fourth-order valence-corrected chi connectivity index (χ4v) is 8.62. The van der Waals surface area contributed by atoms with Gasteiger partial charge in [-0.15, -0.1) is 0 Å². The Hall–Kier alpha value is -4.97. The molecular formula is C75H120O6. The molecule has 0 aliphatic heterocycles. The molecule has 0 radical (unpaired) electrons. The van der Waals surface area contributed by atoms with Crippen LogP contribution in [0.2, 0.25) is 0 Å². The Morgan fingerprint density at radius 2 is 0.481 bits per heavy atom.